The molecule has 1 heteroatoms. The molecule has 0 saturated carbocycles. The zero-order valence-electron chi connectivity index (χ0n) is 14.2. The minimum absolute atomic E-state index is 0.735. The zero-order chi connectivity index (χ0) is 15.4. The van der Waals surface area contributed by atoms with Crippen molar-refractivity contribution in [1.29, 1.82) is 0 Å². The third kappa shape index (κ3) is 19.1. The highest BCUT2D eigenvalue weighted by molar-refractivity contribution is 5.48. The first-order chi connectivity index (χ1) is 10.4. The summed E-state index contributed by atoms with van der Waals surface area (Å²) in [5, 5.41) is 0. The van der Waals surface area contributed by atoms with Crippen LogP contribution in [0.25, 0.3) is 0 Å². The van der Waals surface area contributed by atoms with Crippen LogP contribution in [0, 0.1) is 0 Å². The van der Waals surface area contributed by atoms with Gasteiger partial charge in [0, 0.05) is 6.42 Å². The van der Waals surface area contributed by atoms with E-state index in [4.69, 9.17) is 0 Å². The van der Waals surface area contributed by atoms with E-state index in [0.717, 1.165) is 25.5 Å². The highest BCUT2D eigenvalue weighted by Crippen LogP contribution is 2.08. The molecule has 0 amide bonds. The van der Waals surface area contributed by atoms with Crippen LogP contribution in [0.15, 0.2) is 24.3 Å². The van der Waals surface area contributed by atoms with Gasteiger partial charge in [-0.2, -0.15) is 0 Å². The minimum Gasteiger partial charge on any atom is -0.303 e. The van der Waals surface area contributed by atoms with E-state index in [-0.39, 0.29) is 0 Å². The standard InChI is InChI=1S/C20H36O/c1-2-3-4-5-6-7-8-9-10-11-12-13-14-15-16-17-18-19-20-21/h9-10,12-13,20H,2-8,11,14-19H2,1H3/b10-9+,13-12+. The largest absolute Gasteiger partial charge is 0.303 e. The molecule has 0 aromatic heterocycles. The summed E-state index contributed by atoms with van der Waals surface area (Å²) in [6, 6.07) is 0. The first-order valence-electron chi connectivity index (χ1n) is 9.15. The fraction of sp³-hybridized carbons (Fsp3) is 0.750. The van der Waals surface area contributed by atoms with Crippen molar-refractivity contribution in [3.8, 4) is 0 Å². The maximum absolute atomic E-state index is 10.1. The highest BCUT2D eigenvalue weighted by atomic mass is 16.1. The van der Waals surface area contributed by atoms with Gasteiger partial charge in [0.1, 0.15) is 6.29 Å². The second-order valence-corrected chi connectivity index (χ2v) is 5.89. The molecule has 0 unspecified atom stereocenters. The summed E-state index contributed by atoms with van der Waals surface area (Å²) in [7, 11) is 0. The zero-order valence-corrected chi connectivity index (χ0v) is 14.2. The van der Waals surface area contributed by atoms with E-state index in [9.17, 15) is 4.79 Å². The summed E-state index contributed by atoms with van der Waals surface area (Å²) in [4.78, 5) is 10.1. The summed E-state index contributed by atoms with van der Waals surface area (Å²) in [6.45, 7) is 2.27. The molecule has 0 aliphatic carbocycles. The monoisotopic (exact) mass is 292 g/mol. The number of rotatable bonds is 16. The number of aldehydes is 1. The Kier molecular flexibility index (Phi) is 18.4. The van der Waals surface area contributed by atoms with Crippen LogP contribution in [-0.4, -0.2) is 6.29 Å². The van der Waals surface area contributed by atoms with Crippen LogP contribution in [0.4, 0.5) is 0 Å². The first kappa shape index (κ1) is 20.1. The van der Waals surface area contributed by atoms with Crippen LogP contribution in [0.3, 0.4) is 0 Å². The van der Waals surface area contributed by atoms with Crippen LogP contribution in [0.5, 0.6) is 0 Å². The van der Waals surface area contributed by atoms with Crippen molar-refractivity contribution in [1.82, 2.24) is 0 Å². The van der Waals surface area contributed by atoms with Gasteiger partial charge >= 0.3 is 0 Å². The summed E-state index contributed by atoms with van der Waals surface area (Å²) in [6.07, 6.45) is 27.6. The van der Waals surface area contributed by atoms with Crippen molar-refractivity contribution in [2.24, 2.45) is 0 Å². The molecule has 122 valence electrons. The molecule has 0 spiro atoms. The molecule has 0 fully saturated rings. The van der Waals surface area contributed by atoms with Crippen molar-refractivity contribution in [3.05, 3.63) is 24.3 Å². The van der Waals surface area contributed by atoms with Crippen molar-refractivity contribution in [2.75, 3.05) is 0 Å². The Morgan fingerprint density at radius 1 is 0.571 bits per heavy atom. The number of carbonyl (C=O) groups is 1. The van der Waals surface area contributed by atoms with Crippen molar-refractivity contribution in [2.45, 2.75) is 96.8 Å². The normalized spacial score (nSPS) is 11.7. The van der Waals surface area contributed by atoms with Gasteiger partial charge in [-0.05, 0) is 38.5 Å². The molecule has 1 nitrogen and oxygen atoms in total. The molecule has 0 saturated heterocycles. The maximum atomic E-state index is 10.1. The second-order valence-electron chi connectivity index (χ2n) is 5.89. The molecule has 0 aromatic carbocycles. The summed E-state index contributed by atoms with van der Waals surface area (Å²) < 4.78 is 0. The van der Waals surface area contributed by atoms with Gasteiger partial charge < -0.3 is 4.79 Å². The van der Waals surface area contributed by atoms with Crippen LogP contribution in [0.1, 0.15) is 96.8 Å². The number of unbranched alkanes of at least 4 members (excludes halogenated alkanes) is 11. The lowest BCUT2D eigenvalue weighted by Gasteiger charge is -1.97. The third-order valence-electron chi connectivity index (χ3n) is 3.77. The number of carbonyl (C=O) groups excluding carboxylic acids is 1. The van der Waals surface area contributed by atoms with E-state index in [1.807, 2.05) is 0 Å². The molecule has 0 atom stereocenters. The average molecular weight is 293 g/mol. The molecule has 0 radical (unpaired) electrons. The lowest BCUT2D eigenvalue weighted by atomic mass is 10.1. The van der Waals surface area contributed by atoms with Crippen molar-refractivity contribution >= 4 is 6.29 Å². The average Bonchev–Trinajstić information content (AvgIpc) is 2.50. The Morgan fingerprint density at radius 2 is 1.05 bits per heavy atom. The summed E-state index contributed by atoms with van der Waals surface area (Å²) in [5.41, 5.74) is 0. The Balaban J connectivity index is 3.16. The number of hydrogen-bond acceptors (Lipinski definition) is 1. The van der Waals surface area contributed by atoms with Gasteiger partial charge in [-0.3, -0.25) is 0 Å². The molecule has 0 bridgehead atoms. The fourth-order valence-corrected chi connectivity index (χ4v) is 2.39. The Morgan fingerprint density at radius 3 is 1.57 bits per heavy atom. The smallest absolute Gasteiger partial charge is 0.119 e. The number of allylic oxidation sites excluding steroid dienone is 4. The van der Waals surface area contributed by atoms with Gasteiger partial charge in [0.05, 0.1) is 0 Å². The van der Waals surface area contributed by atoms with Gasteiger partial charge in [-0.25, -0.2) is 0 Å². The lowest BCUT2D eigenvalue weighted by Crippen LogP contribution is -1.79. The molecule has 0 N–H and O–H groups in total. The highest BCUT2D eigenvalue weighted by Gasteiger charge is 1.88. The molecular formula is C20H36O. The van der Waals surface area contributed by atoms with Gasteiger partial charge in [0.25, 0.3) is 0 Å². The van der Waals surface area contributed by atoms with Crippen molar-refractivity contribution < 1.29 is 4.79 Å². The summed E-state index contributed by atoms with van der Waals surface area (Å²) >= 11 is 0. The molecular weight excluding hydrogens is 256 g/mol. The maximum Gasteiger partial charge on any atom is 0.119 e. The lowest BCUT2D eigenvalue weighted by molar-refractivity contribution is -0.107. The van der Waals surface area contributed by atoms with Gasteiger partial charge in [-0.15, -0.1) is 0 Å². The first-order valence-corrected chi connectivity index (χ1v) is 9.15. The van der Waals surface area contributed by atoms with E-state index in [0.29, 0.717) is 0 Å². The van der Waals surface area contributed by atoms with Crippen LogP contribution < -0.4 is 0 Å². The van der Waals surface area contributed by atoms with E-state index < -0.39 is 0 Å². The van der Waals surface area contributed by atoms with E-state index in [1.54, 1.807) is 0 Å². The number of hydrogen-bond donors (Lipinski definition) is 0. The predicted molar refractivity (Wildman–Crippen MR) is 94.7 cm³/mol. The SMILES string of the molecule is CCCCCCCC/C=C/C/C=C/CCCCCCC=O. The van der Waals surface area contributed by atoms with Crippen LogP contribution in [0.2, 0.25) is 0 Å². The second kappa shape index (κ2) is 19.1. The van der Waals surface area contributed by atoms with Crippen molar-refractivity contribution in [3.63, 3.8) is 0 Å². The van der Waals surface area contributed by atoms with Gasteiger partial charge in [-0.1, -0.05) is 76.2 Å². The quantitative estimate of drug-likeness (QED) is 0.174. The fourth-order valence-electron chi connectivity index (χ4n) is 2.39. The minimum atomic E-state index is 0.735. The summed E-state index contributed by atoms with van der Waals surface area (Å²) in [5.74, 6) is 0. The van der Waals surface area contributed by atoms with E-state index in [1.165, 1.54) is 70.6 Å². The topological polar surface area (TPSA) is 17.1 Å². The predicted octanol–water partition coefficient (Wildman–Crippen LogP) is 6.78. The third-order valence-corrected chi connectivity index (χ3v) is 3.77. The Labute approximate surface area is 132 Å². The Bertz CT molecular complexity index is 253. The molecule has 0 heterocycles. The molecule has 0 rings (SSSR count). The van der Waals surface area contributed by atoms with Gasteiger partial charge in [0.2, 0.25) is 0 Å². The Hall–Kier alpha value is -0.850. The van der Waals surface area contributed by atoms with Crippen LogP contribution >= 0.6 is 0 Å². The van der Waals surface area contributed by atoms with E-state index in [2.05, 4.69) is 31.2 Å². The molecule has 0 aliphatic heterocycles. The van der Waals surface area contributed by atoms with Gasteiger partial charge in [0.15, 0.2) is 0 Å². The molecule has 0 aliphatic rings. The van der Waals surface area contributed by atoms with Crippen LogP contribution in [-0.2, 0) is 4.79 Å². The van der Waals surface area contributed by atoms with E-state index >= 15 is 0 Å². The molecule has 21 heavy (non-hydrogen) atoms. The molecule has 0 aromatic rings.